The molecular formula is C19H19NO5. The van der Waals surface area contributed by atoms with Crippen LogP contribution in [0.2, 0.25) is 0 Å². The Morgan fingerprint density at radius 1 is 1.20 bits per heavy atom. The van der Waals surface area contributed by atoms with Gasteiger partial charge in [-0.25, -0.2) is 4.79 Å². The van der Waals surface area contributed by atoms with Gasteiger partial charge >= 0.3 is 5.97 Å². The minimum Gasteiger partial charge on any atom is -0.496 e. The van der Waals surface area contributed by atoms with Crippen LogP contribution >= 0.6 is 0 Å². The summed E-state index contributed by atoms with van der Waals surface area (Å²) in [4.78, 5) is 25.4. The van der Waals surface area contributed by atoms with Crippen molar-refractivity contribution in [2.45, 2.75) is 6.10 Å². The van der Waals surface area contributed by atoms with Gasteiger partial charge in [0.1, 0.15) is 5.75 Å². The molecule has 1 N–H and O–H groups in total. The van der Waals surface area contributed by atoms with Crippen molar-refractivity contribution < 1.29 is 24.2 Å². The fourth-order valence-corrected chi connectivity index (χ4v) is 2.85. The molecule has 1 unspecified atom stereocenters. The standard InChI is InChI=1S/C19H19NO5/c1-24-16-8-7-14(11-15(16)13-5-3-2-4-6-13)18(21)20-9-10-25-17(12-20)19(22)23/h2-8,11,17H,9-10,12H2,1H3,(H,22,23). The average molecular weight is 341 g/mol. The van der Waals surface area contributed by atoms with Gasteiger partial charge in [0.2, 0.25) is 0 Å². The summed E-state index contributed by atoms with van der Waals surface area (Å²) < 4.78 is 10.6. The van der Waals surface area contributed by atoms with Crippen molar-refractivity contribution in [1.29, 1.82) is 0 Å². The van der Waals surface area contributed by atoms with Gasteiger partial charge in [0.05, 0.1) is 20.3 Å². The highest BCUT2D eigenvalue weighted by Crippen LogP contribution is 2.31. The molecule has 2 aromatic carbocycles. The minimum absolute atomic E-state index is 0.0425. The van der Waals surface area contributed by atoms with Gasteiger partial charge in [-0.15, -0.1) is 0 Å². The maximum atomic E-state index is 12.8. The number of morpholine rings is 1. The molecule has 0 spiro atoms. The van der Waals surface area contributed by atoms with Crippen molar-refractivity contribution in [3.05, 3.63) is 54.1 Å². The molecular weight excluding hydrogens is 322 g/mol. The molecule has 1 fully saturated rings. The Morgan fingerprint density at radius 3 is 2.64 bits per heavy atom. The summed E-state index contributed by atoms with van der Waals surface area (Å²) in [6.45, 7) is 0.626. The van der Waals surface area contributed by atoms with E-state index >= 15 is 0 Å². The molecule has 1 aliphatic rings. The Morgan fingerprint density at radius 2 is 1.96 bits per heavy atom. The predicted molar refractivity (Wildman–Crippen MR) is 91.7 cm³/mol. The zero-order valence-electron chi connectivity index (χ0n) is 13.8. The largest absolute Gasteiger partial charge is 0.496 e. The quantitative estimate of drug-likeness (QED) is 0.923. The molecule has 130 valence electrons. The van der Waals surface area contributed by atoms with Crippen LogP contribution in [0.3, 0.4) is 0 Å². The molecule has 6 nitrogen and oxygen atoms in total. The SMILES string of the molecule is COc1ccc(C(=O)N2CCOC(C(=O)O)C2)cc1-c1ccccc1. The third kappa shape index (κ3) is 3.64. The summed E-state index contributed by atoms with van der Waals surface area (Å²) >= 11 is 0. The first-order valence-corrected chi connectivity index (χ1v) is 7.97. The highest BCUT2D eigenvalue weighted by molar-refractivity contribution is 5.96. The monoisotopic (exact) mass is 341 g/mol. The average Bonchev–Trinajstić information content (AvgIpc) is 2.67. The molecule has 0 saturated carbocycles. The van der Waals surface area contributed by atoms with Crippen LogP contribution in [0.25, 0.3) is 11.1 Å². The summed E-state index contributed by atoms with van der Waals surface area (Å²) in [5, 5.41) is 9.09. The highest BCUT2D eigenvalue weighted by Gasteiger charge is 2.29. The first kappa shape index (κ1) is 17.0. The van der Waals surface area contributed by atoms with E-state index in [-0.39, 0.29) is 19.1 Å². The van der Waals surface area contributed by atoms with Gasteiger partial charge in [-0.1, -0.05) is 30.3 Å². The van der Waals surface area contributed by atoms with Crippen molar-refractivity contribution in [2.24, 2.45) is 0 Å². The molecule has 25 heavy (non-hydrogen) atoms. The van der Waals surface area contributed by atoms with Gasteiger partial charge < -0.3 is 19.5 Å². The number of amides is 1. The van der Waals surface area contributed by atoms with Gasteiger partial charge in [0.25, 0.3) is 5.91 Å². The molecule has 1 atom stereocenters. The number of hydrogen-bond acceptors (Lipinski definition) is 4. The lowest BCUT2D eigenvalue weighted by molar-refractivity contribution is -0.154. The zero-order chi connectivity index (χ0) is 17.8. The molecule has 1 heterocycles. The van der Waals surface area contributed by atoms with Gasteiger partial charge in [-0.2, -0.15) is 0 Å². The van der Waals surface area contributed by atoms with E-state index in [1.807, 2.05) is 30.3 Å². The molecule has 6 heteroatoms. The highest BCUT2D eigenvalue weighted by atomic mass is 16.5. The molecule has 3 rings (SSSR count). The molecule has 0 radical (unpaired) electrons. The predicted octanol–water partition coefficient (Wildman–Crippen LogP) is 2.29. The van der Waals surface area contributed by atoms with E-state index in [1.54, 1.807) is 25.3 Å². The topological polar surface area (TPSA) is 76.1 Å². The lowest BCUT2D eigenvalue weighted by Crippen LogP contribution is -2.48. The molecule has 1 saturated heterocycles. The fraction of sp³-hybridized carbons (Fsp3) is 0.263. The second-order valence-corrected chi connectivity index (χ2v) is 5.73. The fourth-order valence-electron chi connectivity index (χ4n) is 2.85. The van der Waals surface area contributed by atoms with Gasteiger partial charge in [0, 0.05) is 17.7 Å². The maximum Gasteiger partial charge on any atom is 0.334 e. The van der Waals surface area contributed by atoms with Crippen LogP contribution in [0.4, 0.5) is 0 Å². The molecule has 1 amide bonds. The Kier molecular flexibility index (Phi) is 5.00. The van der Waals surface area contributed by atoms with E-state index in [0.717, 1.165) is 11.1 Å². The number of carbonyl (C=O) groups is 2. The molecule has 2 aromatic rings. The number of nitrogens with zero attached hydrogens (tertiary/aromatic N) is 1. The van der Waals surface area contributed by atoms with Gasteiger partial charge in [0.15, 0.2) is 6.10 Å². The lowest BCUT2D eigenvalue weighted by Gasteiger charge is -2.31. The van der Waals surface area contributed by atoms with Gasteiger partial charge in [-0.3, -0.25) is 4.79 Å². The number of carboxylic acids is 1. The third-order valence-electron chi connectivity index (χ3n) is 4.16. The molecule has 0 bridgehead atoms. The first-order valence-electron chi connectivity index (χ1n) is 7.97. The number of rotatable bonds is 4. The Hall–Kier alpha value is -2.86. The summed E-state index contributed by atoms with van der Waals surface area (Å²) in [7, 11) is 1.59. The molecule has 0 aromatic heterocycles. The number of carboxylic acid groups (broad SMARTS) is 1. The summed E-state index contributed by atoms with van der Waals surface area (Å²) in [6, 6.07) is 14.9. The maximum absolute atomic E-state index is 12.8. The number of hydrogen-bond donors (Lipinski definition) is 1. The summed E-state index contributed by atoms with van der Waals surface area (Å²) in [6.07, 6.45) is -0.982. The first-order chi connectivity index (χ1) is 12.1. The van der Waals surface area contributed by atoms with Crippen molar-refractivity contribution in [1.82, 2.24) is 4.90 Å². The Labute approximate surface area is 145 Å². The van der Waals surface area contributed by atoms with E-state index in [0.29, 0.717) is 17.9 Å². The van der Waals surface area contributed by atoms with Crippen LogP contribution in [0.1, 0.15) is 10.4 Å². The third-order valence-corrected chi connectivity index (χ3v) is 4.16. The smallest absolute Gasteiger partial charge is 0.334 e. The molecule has 1 aliphatic heterocycles. The number of methoxy groups -OCH3 is 1. The van der Waals surface area contributed by atoms with E-state index in [2.05, 4.69) is 0 Å². The van der Waals surface area contributed by atoms with Crippen molar-refractivity contribution in [3.63, 3.8) is 0 Å². The second-order valence-electron chi connectivity index (χ2n) is 5.73. The normalized spacial score (nSPS) is 17.2. The Balaban J connectivity index is 1.90. The van der Waals surface area contributed by atoms with Crippen LogP contribution in [0, 0.1) is 0 Å². The van der Waals surface area contributed by atoms with Crippen molar-refractivity contribution >= 4 is 11.9 Å². The molecule has 0 aliphatic carbocycles. The van der Waals surface area contributed by atoms with E-state index in [9.17, 15) is 9.59 Å². The zero-order valence-corrected chi connectivity index (χ0v) is 13.8. The van der Waals surface area contributed by atoms with E-state index < -0.39 is 12.1 Å². The lowest BCUT2D eigenvalue weighted by atomic mass is 10.0. The van der Waals surface area contributed by atoms with Crippen LogP contribution < -0.4 is 4.74 Å². The van der Waals surface area contributed by atoms with Gasteiger partial charge in [-0.05, 0) is 23.8 Å². The van der Waals surface area contributed by atoms with Crippen molar-refractivity contribution in [3.8, 4) is 16.9 Å². The van der Waals surface area contributed by atoms with E-state index in [4.69, 9.17) is 14.6 Å². The summed E-state index contributed by atoms with van der Waals surface area (Å²) in [5.41, 5.74) is 2.25. The van der Waals surface area contributed by atoms with Crippen LogP contribution in [-0.4, -0.2) is 54.8 Å². The van der Waals surface area contributed by atoms with Crippen LogP contribution in [-0.2, 0) is 9.53 Å². The number of benzene rings is 2. The van der Waals surface area contributed by atoms with E-state index in [1.165, 1.54) is 4.90 Å². The summed E-state index contributed by atoms with van der Waals surface area (Å²) in [5.74, 6) is -0.597. The second kappa shape index (κ2) is 7.36. The minimum atomic E-state index is -1.06. The number of ether oxygens (including phenoxy) is 2. The van der Waals surface area contributed by atoms with Crippen molar-refractivity contribution in [2.75, 3.05) is 26.8 Å². The number of aliphatic carboxylic acids is 1. The van der Waals surface area contributed by atoms with Crippen LogP contribution in [0.15, 0.2) is 48.5 Å². The van der Waals surface area contributed by atoms with Crippen LogP contribution in [0.5, 0.6) is 5.75 Å². The Bertz CT molecular complexity index is 775. The number of carbonyl (C=O) groups excluding carboxylic acids is 1.